The minimum atomic E-state index is -1.20. The Kier molecular flexibility index (Phi) is 16.3. The van der Waals surface area contributed by atoms with E-state index in [1.165, 1.54) is 36.4 Å². The average molecular weight is 720 g/mol. The van der Waals surface area contributed by atoms with Crippen LogP contribution in [0.15, 0.2) is 83.9 Å². The van der Waals surface area contributed by atoms with Crippen molar-refractivity contribution in [3.63, 3.8) is 0 Å². The standard InChI is InChI=1S/C35H45N9O8/c36-19-5-4-9-28(32(47)41-29(10-6-20-39-34(37)38)31(46)40-25-13-15-26(16-14-25)44(50)51)42-33(48)30(21-23-11-17-27(45)18-12-23)43-35(49)52-22-24-7-2-1-3-8-24/h1-3,7-8,11-18,28-30,45H,4-6,9-10,19-22,36H2,(H,40,46)(H,41,47)(H,42,48)(H,43,49)(H4,37,38,39). The minimum absolute atomic E-state index is 0.00521. The first-order valence-corrected chi connectivity index (χ1v) is 16.6. The lowest BCUT2D eigenvalue weighted by atomic mass is 10.0. The summed E-state index contributed by atoms with van der Waals surface area (Å²) >= 11 is 0. The highest BCUT2D eigenvalue weighted by molar-refractivity contribution is 5.99. The summed E-state index contributed by atoms with van der Waals surface area (Å²) in [4.78, 5) is 68.2. The number of guanidine groups is 1. The third-order valence-corrected chi connectivity index (χ3v) is 7.70. The predicted octanol–water partition coefficient (Wildman–Crippen LogP) is 1.93. The van der Waals surface area contributed by atoms with Crippen LogP contribution in [-0.2, 0) is 32.1 Å². The van der Waals surface area contributed by atoms with E-state index in [1.807, 2.05) is 6.07 Å². The fourth-order valence-corrected chi connectivity index (χ4v) is 4.96. The molecule has 0 aliphatic heterocycles. The Morgan fingerprint density at radius 1 is 0.769 bits per heavy atom. The first-order chi connectivity index (χ1) is 24.9. The highest BCUT2D eigenvalue weighted by Crippen LogP contribution is 2.17. The van der Waals surface area contributed by atoms with Gasteiger partial charge in [0.15, 0.2) is 5.96 Å². The number of nitro benzene ring substituents is 1. The Morgan fingerprint density at radius 3 is 2.00 bits per heavy atom. The Labute approximate surface area is 300 Å². The van der Waals surface area contributed by atoms with Gasteiger partial charge in [-0.1, -0.05) is 42.5 Å². The number of carbonyl (C=O) groups excluding carboxylic acids is 4. The van der Waals surface area contributed by atoms with Crippen LogP contribution in [0, 0.1) is 10.1 Å². The predicted molar refractivity (Wildman–Crippen MR) is 194 cm³/mol. The number of non-ortho nitro benzene ring substituents is 1. The van der Waals surface area contributed by atoms with Gasteiger partial charge in [-0.25, -0.2) is 4.79 Å². The van der Waals surface area contributed by atoms with Crippen LogP contribution in [0.2, 0.25) is 0 Å². The molecule has 3 aromatic rings. The molecule has 0 bridgehead atoms. The van der Waals surface area contributed by atoms with Crippen LogP contribution in [-0.4, -0.2) is 71.0 Å². The van der Waals surface area contributed by atoms with Gasteiger partial charge in [-0.05, 0) is 74.0 Å². The van der Waals surface area contributed by atoms with Gasteiger partial charge in [0.2, 0.25) is 17.7 Å². The number of hydrogen-bond donors (Lipinski definition) is 8. The molecule has 3 unspecified atom stereocenters. The number of hydrogen-bond acceptors (Lipinski definition) is 10. The van der Waals surface area contributed by atoms with Gasteiger partial charge in [-0.15, -0.1) is 0 Å². The Hall–Kier alpha value is -6.23. The molecule has 17 heteroatoms. The van der Waals surface area contributed by atoms with E-state index < -0.39 is 46.9 Å². The van der Waals surface area contributed by atoms with Crippen molar-refractivity contribution in [3.05, 3.63) is 100 Å². The van der Waals surface area contributed by atoms with E-state index in [1.54, 1.807) is 36.4 Å². The number of benzene rings is 3. The number of phenolic OH excluding ortho intramolecular Hbond substituents is 1. The monoisotopic (exact) mass is 719 g/mol. The fourth-order valence-electron chi connectivity index (χ4n) is 4.96. The molecule has 3 rings (SSSR count). The number of nitrogens with two attached hydrogens (primary N) is 3. The zero-order valence-corrected chi connectivity index (χ0v) is 28.5. The molecule has 0 fully saturated rings. The number of nitrogens with zero attached hydrogens (tertiary/aromatic N) is 2. The van der Waals surface area contributed by atoms with Crippen molar-refractivity contribution in [2.75, 3.05) is 18.4 Å². The topological polar surface area (TPSA) is 279 Å². The number of anilines is 1. The van der Waals surface area contributed by atoms with Gasteiger partial charge < -0.3 is 48.3 Å². The smallest absolute Gasteiger partial charge is 0.408 e. The number of ether oxygens (including phenoxy) is 1. The number of aromatic hydroxyl groups is 1. The number of amides is 4. The molecule has 278 valence electrons. The first-order valence-electron chi connectivity index (χ1n) is 16.6. The molecule has 52 heavy (non-hydrogen) atoms. The van der Waals surface area contributed by atoms with Crippen molar-refractivity contribution < 1.29 is 33.9 Å². The molecule has 4 amide bonds. The summed E-state index contributed by atoms with van der Waals surface area (Å²) in [7, 11) is 0. The molecule has 0 heterocycles. The van der Waals surface area contributed by atoms with Crippen molar-refractivity contribution in [3.8, 4) is 5.75 Å². The normalized spacial score (nSPS) is 12.3. The molecule has 3 atom stereocenters. The maximum absolute atomic E-state index is 13.8. The van der Waals surface area contributed by atoms with Crippen LogP contribution in [0.5, 0.6) is 5.75 Å². The average Bonchev–Trinajstić information content (AvgIpc) is 3.12. The number of alkyl carbamates (subject to hydrolysis) is 1. The highest BCUT2D eigenvalue weighted by Gasteiger charge is 2.30. The third-order valence-electron chi connectivity index (χ3n) is 7.70. The fraction of sp³-hybridized carbons (Fsp3) is 0.343. The molecular weight excluding hydrogens is 674 g/mol. The minimum Gasteiger partial charge on any atom is -0.508 e. The maximum Gasteiger partial charge on any atom is 0.408 e. The van der Waals surface area contributed by atoms with Crippen LogP contribution in [0.25, 0.3) is 0 Å². The van der Waals surface area contributed by atoms with Crippen LogP contribution in [0.1, 0.15) is 43.2 Å². The first kappa shape index (κ1) is 40.2. The summed E-state index contributed by atoms with van der Waals surface area (Å²) in [5.41, 5.74) is 18.0. The molecule has 0 aromatic heterocycles. The molecule has 0 radical (unpaired) electrons. The van der Waals surface area contributed by atoms with Gasteiger partial charge in [0.1, 0.15) is 30.5 Å². The van der Waals surface area contributed by atoms with Crippen LogP contribution in [0.4, 0.5) is 16.2 Å². The summed E-state index contributed by atoms with van der Waals surface area (Å²) in [5.74, 6) is -2.12. The van der Waals surface area contributed by atoms with E-state index in [0.717, 1.165) is 5.56 Å². The summed E-state index contributed by atoms with van der Waals surface area (Å²) in [6.45, 7) is 0.462. The van der Waals surface area contributed by atoms with Gasteiger partial charge >= 0.3 is 6.09 Å². The maximum atomic E-state index is 13.8. The Morgan fingerprint density at radius 2 is 1.38 bits per heavy atom. The number of phenols is 1. The molecule has 3 aromatic carbocycles. The third kappa shape index (κ3) is 14.3. The molecule has 0 aliphatic carbocycles. The SMILES string of the molecule is NCCCCC(NC(=O)C(Cc1ccc(O)cc1)NC(=O)OCc1ccccc1)C(=O)NC(CCCN=C(N)N)C(=O)Nc1ccc([N+](=O)[O-])cc1. The number of nitrogens with one attached hydrogen (secondary N) is 4. The van der Waals surface area contributed by atoms with Crippen LogP contribution >= 0.6 is 0 Å². The summed E-state index contributed by atoms with van der Waals surface area (Å²) in [5, 5.41) is 31.4. The number of carbonyl (C=O) groups is 4. The van der Waals surface area contributed by atoms with Gasteiger partial charge in [0.25, 0.3) is 5.69 Å². The molecule has 0 saturated carbocycles. The van der Waals surface area contributed by atoms with E-state index >= 15 is 0 Å². The largest absolute Gasteiger partial charge is 0.508 e. The van der Waals surface area contributed by atoms with Crippen molar-refractivity contribution in [1.82, 2.24) is 16.0 Å². The number of rotatable bonds is 20. The van der Waals surface area contributed by atoms with Crippen LogP contribution < -0.4 is 38.5 Å². The number of unbranched alkanes of at least 4 members (excludes halogenated alkanes) is 1. The van der Waals surface area contributed by atoms with E-state index in [0.29, 0.717) is 31.4 Å². The molecule has 0 aliphatic rings. The number of nitro groups is 1. The molecule has 17 nitrogen and oxygen atoms in total. The van der Waals surface area contributed by atoms with Crippen molar-refractivity contribution >= 4 is 41.1 Å². The number of aliphatic imine (C=N–C) groups is 1. The van der Waals surface area contributed by atoms with Gasteiger partial charge in [-0.3, -0.25) is 29.5 Å². The second kappa shape index (κ2) is 21.1. The Bertz CT molecular complexity index is 1650. The quantitative estimate of drug-likeness (QED) is 0.0275. The van der Waals surface area contributed by atoms with E-state index in [9.17, 15) is 34.4 Å². The van der Waals surface area contributed by atoms with Gasteiger partial charge in [0, 0.05) is 30.8 Å². The molecule has 11 N–H and O–H groups in total. The van der Waals surface area contributed by atoms with Crippen molar-refractivity contribution in [2.24, 2.45) is 22.2 Å². The summed E-state index contributed by atoms with van der Waals surface area (Å²) < 4.78 is 5.34. The second-order valence-corrected chi connectivity index (χ2v) is 11.8. The van der Waals surface area contributed by atoms with E-state index in [-0.39, 0.29) is 55.5 Å². The Balaban J connectivity index is 1.79. The summed E-state index contributed by atoms with van der Waals surface area (Å²) in [6, 6.07) is 16.7. The van der Waals surface area contributed by atoms with Gasteiger partial charge in [-0.2, -0.15) is 0 Å². The molecule has 0 spiro atoms. The lowest BCUT2D eigenvalue weighted by molar-refractivity contribution is -0.384. The zero-order chi connectivity index (χ0) is 37.9. The summed E-state index contributed by atoms with van der Waals surface area (Å²) in [6.07, 6.45) is 0.680. The van der Waals surface area contributed by atoms with Crippen molar-refractivity contribution in [2.45, 2.75) is 63.3 Å². The molecular formula is C35H45N9O8. The molecule has 0 saturated heterocycles. The highest BCUT2D eigenvalue weighted by atomic mass is 16.6. The second-order valence-electron chi connectivity index (χ2n) is 11.8. The van der Waals surface area contributed by atoms with Crippen molar-refractivity contribution in [1.29, 1.82) is 0 Å². The van der Waals surface area contributed by atoms with Crippen LogP contribution in [0.3, 0.4) is 0 Å². The lowest BCUT2D eigenvalue weighted by Gasteiger charge is -2.25. The van der Waals surface area contributed by atoms with E-state index in [2.05, 4.69) is 26.3 Å². The van der Waals surface area contributed by atoms with Gasteiger partial charge in [0.05, 0.1) is 4.92 Å². The zero-order valence-electron chi connectivity index (χ0n) is 28.5. The van der Waals surface area contributed by atoms with E-state index in [4.69, 9.17) is 21.9 Å². The lowest BCUT2D eigenvalue weighted by Crippen LogP contribution is -2.56.